The highest BCUT2D eigenvalue weighted by Crippen LogP contribution is 1.97. The van der Waals surface area contributed by atoms with Crippen LogP contribution >= 0.6 is 0 Å². The van der Waals surface area contributed by atoms with Gasteiger partial charge in [0.15, 0.2) is 0 Å². The Morgan fingerprint density at radius 3 is 2.50 bits per heavy atom. The molecule has 0 saturated carbocycles. The summed E-state index contributed by atoms with van der Waals surface area (Å²) >= 11 is 0. The minimum atomic E-state index is -0.535. The molecule has 0 aliphatic carbocycles. The van der Waals surface area contributed by atoms with Crippen LogP contribution in [0.25, 0.3) is 0 Å². The Bertz CT molecular complexity index is 160. The van der Waals surface area contributed by atoms with Gasteiger partial charge in [-0.1, -0.05) is 0 Å². The van der Waals surface area contributed by atoms with Gasteiger partial charge in [-0.15, -0.1) is 0 Å². The molecule has 0 spiro atoms. The van der Waals surface area contributed by atoms with Crippen LogP contribution in [0.2, 0.25) is 0 Å². The third-order valence-corrected chi connectivity index (χ3v) is 2.03. The topological polar surface area (TPSA) is 64.8 Å². The molecule has 0 radical (unpaired) electrons. The van der Waals surface area contributed by atoms with Crippen molar-refractivity contribution in [1.29, 1.82) is 0 Å². The molecule has 0 fully saturated rings. The van der Waals surface area contributed by atoms with Crippen LogP contribution in [0.3, 0.4) is 0 Å². The smallest absolute Gasteiger partial charge is 0.253 e. The van der Waals surface area contributed by atoms with Gasteiger partial charge in [0.1, 0.15) is 6.10 Å². The summed E-state index contributed by atoms with van der Waals surface area (Å²) < 4.78 is 9.87. The molecule has 14 heavy (non-hydrogen) atoms. The van der Waals surface area contributed by atoms with E-state index in [0.717, 1.165) is 0 Å². The van der Waals surface area contributed by atoms with E-state index in [1.807, 2.05) is 6.92 Å². The van der Waals surface area contributed by atoms with Gasteiger partial charge in [0.2, 0.25) is 0 Å². The maximum atomic E-state index is 11.7. The first-order valence-corrected chi connectivity index (χ1v) is 4.71. The molecular weight excluding hydrogens is 184 g/mol. The summed E-state index contributed by atoms with van der Waals surface area (Å²) in [7, 11) is 3.09. The van der Waals surface area contributed by atoms with Crippen molar-refractivity contribution in [2.45, 2.75) is 13.0 Å². The van der Waals surface area contributed by atoms with E-state index < -0.39 is 6.10 Å². The average molecular weight is 204 g/mol. The Kier molecular flexibility index (Phi) is 7.37. The Balaban J connectivity index is 4.13. The number of likely N-dealkylation sites (N-methyl/N-ethyl adjacent to an activating group) is 1. The number of carbonyl (C=O) groups excluding carboxylic acids is 1. The quantitative estimate of drug-likeness (QED) is 0.604. The third-order valence-electron chi connectivity index (χ3n) is 2.03. The molecule has 0 aromatic heterocycles. The number of amides is 1. The van der Waals surface area contributed by atoms with E-state index in [2.05, 4.69) is 0 Å². The van der Waals surface area contributed by atoms with Gasteiger partial charge in [0, 0.05) is 33.9 Å². The van der Waals surface area contributed by atoms with Crippen LogP contribution in [-0.4, -0.2) is 57.4 Å². The Hall–Kier alpha value is -0.650. The second-order valence-electron chi connectivity index (χ2n) is 2.87. The number of hydrogen-bond donors (Lipinski definition) is 1. The van der Waals surface area contributed by atoms with Crippen molar-refractivity contribution in [3.63, 3.8) is 0 Å². The predicted molar refractivity (Wildman–Crippen MR) is 54.0 cm³/mol. The fourth-order valence-electron chi connectivity index (χ4n) is 1.13. The lowest BCUT2D eigenvalue weighted by Gasteiger charge is -2.24. The van der Waals surface area contributed by atoms with E-state index in [9.17, 15) is 4.79 Å². The SMILES string of the molecule is CCN(CCOC)C(=O)C(CN)OC. The normalized spacial score (nSPS) is 12.6. The van der Waals surface area contributed by atoms with Gasteiger partial charge in [-0.2, -0.15) is 0 Å². The molecule has 5 heteroatoms. The maximum Gasteiger partial charge on any atom is 0.253 e. The van der Waals surface area contributed by atoms with Crippen LogP contribution in [-0.2, 0) is 14.3 Å². The van der Waals surface area contributed by atoms with E-state index in [1.54, 1.807) is 12.0 Å². The van der Waals surface area contributed by atoms with E-state index in [4.69, 9.17) is 15.2 Å². The van der Waals surface area contributed by atoms with E-state index in [-0.39, 0.29) is 12.5 Å². The Morgan fingerprint density at radius 1 is 1.50 bits per heavy atom. The van der Waals surface area contributed by atoms with Gasteiger partial charge in [-0.05, 0) is 6.92 Å². The molecule has 0 saturated heterocycles. The minimum absolute atomic E-state index is 0.0745. The molecule has 0 heterocycles. The maximum absolute atomic E-state index is 11.7. The zero-order chi connectivity index (χ0) is 11.0. The first kappa shape index (κ1) is 13.4. The predicted octanol–water partition coefficient (Wildman–Crippen LogP) is -0.545. The molecule has 0 rings (SSSR count). The monoisotopic (exact) mass is 204 g/mol. The molecule has 5 nitrogen and oxygen atoms in total. The van der Waals surface area contributed by atoms with Crippen LogP contribution in [0, 0.1) is 0 Å². The van der Waals surface area contributed by atoms with Crippen molar-refractivity contribution >= 4 is 5.91 Å². The fourth-order valence-corrected chi connectivity index (χ4v) is 1.13. The average Bonchev–Trinajstić information content (AvgIpc) is 2.21. The first-order chi connectivity index (χ1) is 6.71. The van der Waals surface area contributed by atoms with Crippen molar-refractivity contribution in [2.75, 3.05) is 40.5 Å². The summed E-state index contributed by atoms with van der Waals surface area (Å²) in [5.41, 5.74) is 5.40. The number of ether oxygens (including phenoxy) is 2. The summed E-state index contributed by atoms with van der Waals surface area (Å²) in [4.78, 5) is 13.4. The van der Waals surface area contributed by atoms with Gasteiger partial charge in [0.05, 0.1) is 6.61 Å². The van der Waals surface area contributed by atoms with Gasteiger partial charge >= 0.3 is 0 Å². The molecule has 1 amide bonds. The van der Waals surface area contributed by atoms with Crippen molar-refractivity contribution in [1.82, 2.24) is 4.90 Å². The second kappa shape index (κ2) is 7.73. The first-order valence-electron chi connectivity index (χ1n) is 4.71. The third kappa shape index (κ3) is 4.04. The van der Waals surface area contributed by atoms with E-state index in [1.165, 1.54) is 7.11 Å². The summed E-state index contributed by atoms with van der Waals surface area (Å²) in [6.45, 7) is 3.87. The summed E-state index contributed by atoms with van der Waals surface area (Å²) in [6.07, 6.45) is -0.535. The standard InChI is InChI=1S/C9H20N2O3/c1-4-11(5-6-13-2)9(12)8(7-10)14-3/h8H,4-7,10H2,1-3H3. The zero-order valence-electron chi connectivity index (χ0n) is 9.16. The molecule has 2 N–H and O–H groups in total. The van der Waals surface area contributed by atoms with Crippen LogP contribution in [0.4, 0.5) is 0 Å². The van der Waals surface area contributed by atoms with Crippen molar-refractivity contribution in [2.24, 2.45) is 5.73 Å². The van der Waals surface area contributed by atoms with Crippen LogP contribution < -0.4 is 5.73 Å². The summed E-state index contributed by atoms with van der Waals surface area (Å²) in [6, 6.07) is 0. The van der Waals surface area contributed by atoms with Crippen LogP contribution in [0.1, 0.15) is 6.92 Å². The van der Waals surface area contributed by atoms with Crippen molar-refractivity contribution in [3.05, 3.63) is 0 Å². The molecule has 0 aromatic carbocycles. The van der Waals surface area contributed by atoms with E-state index in [0.29, 0.717) is 19.7 Å². The minimum Gasteiger partial charge on any atom is -0.383 e. The number of carbonyl (C=O) groups is 1. The fraction of sp³-hybridized carbons (Fsp3) is 0.889. The van der Waals surface area contributed by atoms with Crippen molar-refractivity contribution in [3.8, 4) is 0 Å². The summed E-state index contributed by atoms with van der Waals surface area (Å²) in [5.74, 6) is -0.0745. The lowest BCUT2D eigenvalue weighted by atomic mass is 10.3. The lowest BCUT2D eigenvalue weighted by Crippen LogP contribution is -2.44. The number of nitrogens with zero attached hydrogens (tertiary/aromatic N) is 1. The molecule has 0 aliphatic rings. The van der Waals surface area contributed by atoms with E-state index >= 15 is 0 Å². The summed E-state index contributed by atoms with van der Waals surface area (Å²) in [5, 5.41) is 0. The van der Waals surface area contributed by atoms with Gasteiger partial charge in [0.25, 0.3) is 5.91 Å². The molecule has 0 aliphatic heterocycles. The number of methoxy groups -OCH3 is 2. The van der Waals surface area contributed by atoms with Crippen LogP contribution in [0.5, 0.6) is 0 Å². The molecule has 1 atom stereocenters. The number of nitrogens with two attached hydrogens (primary N) is 1. The number of hydrogen-bond acceptors (Lipinski definition) is 4. The zero-order valence-corrected chi connectivity index (χ0v) is 9.16. The Morgan fingerprint density at radius 2 is 2.14 bits per heavy atom. The molecule has 0 bridgehead atoms. The molecule has 0 aromatic rings. The highest BCUT2D eigenvalue weighted by atomic mass is 16.5. The van der Waals surface area contributed by atoms with Gasteiger partial charge in [-0.25, -0.2) is 0 Å². The highest BCUT2D eigenvalue weighted by molar-refractivity contribution is 5.81. The molecule has 84 valence electrons. The largest absolute Gasteiger partial charge is 0.383 e. The molecule has 1 unspecified atom stereocenters. The number of rotatable bonds is 7. The Labute approximate surface area is 85.1 Å². The van der Waals surface area contributed by atoms with Crippen LogP contribution in [0.15, 0.2) is 0 Å². The second-order valence-corrected chi connectivity index (χ2v) is 2.87. The van der Waals surface area contributed by atoms with Crippen molar-refractivity contribution < 1.29 is 14.3 Å². The van der Waals surface area contributed by atoms with Gasteiger partial charge in [-0.3, -0.25) is 4.79 Å². The highest BCUT2D eigenvalue weighted by Gasteiger charge is 2.21. The molecular formula is C9H20N2O3. The lowest BCUT2D eigenvalue weighted by molar-refractivity contribution is -0.141. The van der Waals surface area contributed by atoms with Gasteiger partial charge < -0.3 is 20.1 Å².